The monoisotopic (exact) mass is 365 g/mol. The molecule has 26 heavy (non-hydrogen) atoms. The number of halogens is 3. The van der Waals surface area contributed by atoms with Gasteiger partial charge in [0.15, 0.2) is 5.65 Å². The first kappa shape index (κ1) is 16.8. The SMILES string of the molecule is OC1CCCN(c2ccc(C(F)(F)F)c(-c3[nH]nc4ncccc34)n2)C1.[HH]. The molecule has 4 rings (SSSR count). The lowest BCUT2D eigenvalue weighted by Crippen LogP contribution is -2.38. The summed E-state index contributed by atoms with van der Waals surface area (Å²) in [6.07, 6.45) is -2.09. The van der Waals surface area contributed by atoms with Crippen LogP contribution in [0.2, 0.25) is 0 Å². The lowest BCUT2D eigenvalue weighted by atomic mass is 10.1. The number of aliphatic hydroxyl groups excluding tert-OH is 1. The fraction of sp³-hybridized carbons (Fsp3) is 0.353. The lowest BCUT2D eigenvalue weighted by molar-refractivity contribution is -0.137. The number of hydrogen-bond acceptors (Lipinski definition) is 5. The summed E-state index contributed by atoms with van der Waals surface area (Å²) in [7, 11) is 0. The minimum atomic E-state index is -4.55. The third kappa shape index (κ3) is 2.98. The average molecular weight is 365 g/mol. The summed E-state index contributed by atoms with van der Waals surface area (Å²) in [5, 5.41) is 16.9. The molecule has 1 saturated heterocycles. The van der Waals surface area contributed by atoms with Crippen LogP contribution < -0.4 is 4.90 Å². The van der Waals surface area contributed by atoms with E-state index in [0.717, 1.165) is 12.5 Å². The number of aromatic amines is 1. The molecule has 0 aromatic carbocycles. The van der Waals surface area contributed by atoms with Crippen molar-refractivity contribution in [3.8, 4) is 11.4 Å². The first-order valence-corrected chi connectivity index (χ1v) is 8.24. The Labute approximate surface area is 148 Å². The Morgan fingerprint density at radius 1 is 1.27 bits per heavy atom. The van der Waals surface area contributed by atoms with Crippen LogP contribution >= 0.6 is 0 Å². The van der Waals surface area contributed by atoms with E-state index in [-0.39, 0.29) is 12.8 Å². The first-order valence-electron chi connectivity index (χ1n) is 8.24. The number of aromatic nitrogens is 4. The number of alkyl halides is 3. The summed E-state index contributed by atoms with van der Waals surface area (Å²) in [5.74, 6) is 0.401. The quantitative estimate of drug-likeness (QED) is 0.729. The summed E-state index contributed by atoms with van der Waals surface area (Å²) < 4.78 is 40.6. The smallest absolute Gasteiger partial charge is 0.391 e. The molecule has 3 aromatic rings. The first-order chi connectivity index (χ1) is 12.4. The Hall–Kier alpha value is -2.68. The molecule has 4 heterocycles. The molecule has 1 atom stereocenters. The van der Waals surface area contributed by atoms with Gasteiger partial charge >= 0.3 is 6.18 Å². The predicted molar refractivity (Wildman–Crippen MR) is 91.7 cm³/mol. The summed E-state index contributed by atoms with van der Waals surface area (Å²) in [5.41, 5.74) is -0.546. The van der Waals surface area contributed by atoms with Gasteiger partial charge in [-0.25, -0.2) is 9.97 Å². The van der Waals surface area contributed by atoms with E-state index in [1.54, 1.807) is 17.0 Å². The van der Waals surface area contributed by atoms with Gasteiger partial charge in [0.25, 0.3) is 0 Å². The van der Waals surface area contributed by atoms with Gasteiger partial charge in [0.05, 0.1) is 17.4 Å². The molecule has 0 saturated carbocycles. The fourth-order valence-corrected chi connectivity index (χ4v) is 3.24. The van der Waals surface area contributed by atoms with E-state index in [0.29, 0.717) is 36.4 Å². The number of H-pyrrole nitrogens is 1. The van der Waals surface area contributed by atoms with Gasteiger partial charge in [-0.05, 0) is 37.1 Å². The zero-order valence-corrected chi connectivity index (χ0v) is 13.7. The molecule has 1 fully saturated rings. The van der Waals surface area contributed by atoms with Crippen molar-refractivity contribution in [2.75, 3.05) is 18.0 Å². The topological polar surface area (TPSA) is 77.9 Å². The Bertz CT molecular complexity index is 946. The van der Waals surface area contributed by atoms with Crippen molar-refractivity contribution in [2.24, 2.45) is 0 Å². The van der Waals surface area contributed by atoms with Gasteiger partial charge in [-0.2, -0.15) is 18.3 Å². The molecule has 138 valence electrons. The fourth-order valence-electron chi connectivity index (χ4n) is 3.24. The van der Waals surface area contributed by atoms with Crippen LogP contribution in [0.5, 0.6) is 0 Å². The highest BCUT2D eigenvalue weighted by Gasteiger charge is 2.36. The van der Waals surface area contributed by atoms with Crippen molar-refractivity contribution < 1.29 is 19.7 Å². The third-order valence-electron chi connectivity index (χ3n) is 4.47. The number of β-amino-alcohol motifs (C(OH)–C–C–N with tert-alkyl or cyclic N) is 1. The van der Waals surface area contributed by atoms with E-state index in [1.165, 1.54) is 12.3 Å². The van der Waals surface area contributed by atoms with Gasteiger partial charge in [0.1, 0.15) is 11.5 Å². The van der Waals surface area contributed by atoms with E-state index in [4.69, 9.17) is 0 Å². The minimum Gasteiger partial charge on any atom is -0.391 e. The van der Waals surface area contributed by atoms with Gasteiger partial charge in [-0.1, -0.05) is 0 Å². The van der Waals surface area contributed by atoms with Crippen LogP contribution in [-0.2, 0) is 6.18 Å². The highest BCUT2D eigenvalue weighted by molar-refractivity contribution is 5.90. The molecule has 0 bridgehead atoms. The molecule has 1 aliphatic heterocycles. The van der Waals surface area contributed by atoms with Crippen LogP contribution in [0.15, 0.2) is 30.5 Å². The summed E-state index contributed by atoms with van der Waals surface area (Å²) in [6.45, 7) is 0.989. The second kappa shape index (κ2) is 6.24. The van der Waals surface area contributed by atoms with Crippen LogP contribution in [0.25, 0.3) is 22.4 Å². The van der Waals surface area contributed by atoms with Crippen molar-refractivity contribution in [2.45, 2.75) is 25.1 Å². The summed E-state index contributed by atoms with van der Waals surface area (Å²) in [6, 6.07) is 5.67. The average Bonchev–Trinajstić information content (AvgIpc) is 3.04. The Morgan fingerprint density at radius 3 is 2.88 bits per heavy atom. The normalized spacial score (nSPS) is 18.5. The van der Waals surface area contributed by atoms with Gasteiger partial charge < -0.3 is 10.0 Å². The standard InChI is InChI=1S/C17H16F3N5O.H2/c18-17(19,20)12-5-6-13(25-8-2-3-10(26)9-25)22-15(12)14-11-4-1-7-21-16(11)24-23-14;/h1,4-7,10,26H,2-3,8-9H2,(H,21,23,24);1H. The van der Waals surface area contributed by atoms with Crippen molar-refractivity contribution >= 4 is 16.9 Å². The van der Waals surface area contributed by atoms with Gasteiger partial charge in [-0.15, -0.1) is 0 Å². The highest BCUT2D eigenvalue weighted by atomic mass is 19.4. The third-order valence-corrected chi connectivity index (χ3v) is 4.47. The van der Waals surface area contributed by atoms with Crippen LogP contribution in [0, 0.1) is 0 Å². The number of fused-ring (bicyclic) bond motifs is 1. The number of nitrogens with zero attached hydrogens (tertiary/aromatic N) is 4. The number of anilines is 1. The number of rotatable bonds is 2. The number of pyridine rings is 2. The molecule has 0 aliphatic carbocycles. The molecule has 0 amide bonds. The van der Waals surface area contributed by atoms with E-state index < -0.39 is 17.8 Å². The molecular formula is C17H18F3N5O. The number of nitrogens with one attached hydrogen (secondary N) is 1. The molecule has 0 radical (unpaired) electrons. The molecular weight excluding hydrogens is 347 g/mol. The number of hydrogen-bond donors (Lipinski definition) is 2. The van der Waals surface area contributed by atoms with E-state index in [9.17, 15) is 18.3 Å². The number of piperidine rings is 1. The van der Waals surface area contributed by atoms with E-state index in [1.807, 2.05) is 0 Å². The predicted octanol–water partition coefficient (Wildman–Crippen LogP) is 3.25. The van der Waals surface area contributed by atoms with Crippen LogP contribution in [0.3, 0.4) is 0 Å². The second-order valence-corrected chi connectivity index (χ2v) is 6.28. The Kier molecular flexibility index (Phi) is 4.03. The lowest BCUT2D eigenvalue weighted by Gasteiger charge is -2.31. The maximum atomic E-state index is 13.5. The molecule has 9 heteroatoms. The molecule has 2 N–H and O–H groups in total. The maximum Gasteiger partial charge on any atom is 0.418 e. The molecule has 1 unspecified atom stereocenters. The van der Waals surface area contributed by atoms with E-state index in [2.05, 4.69) is 20.2 Å². The van der Waals surface area contributed by atoms with Crippen LogP contribution in [-0.4, -0.2) is 44.5 Å². The largest absolute Gasteiger partial charge is 0.418 e. The second-order valence-electron chi connectivity index (χ2n) is 6.28. The van der Waals surface area contributed by atoms with Crippen molar-refractivity contribution in [1.29, 1.82) is 0 Å². The Morgan fingerprint density at radius 2 is 2.12 bits per heavy atom. The highest BCUT2D eigenvalue weighted by Crippen LogP contribution is 2.38. The number of aliphatic hydroxyl groups is 1. The molecule has 6 nitrogen and oxygen atoms in total. The summed E-state index contributed by atoms with van der Waals surface area (Å²) >= 11 is 0. The van der Waals surface area contributed by atoms with Gasteiger partial charge in [-0.3, -0.25) is 5.10 Å². The van der Waals surface area contributed by atoms with Crippen LogP contribution in [0.4, 0.5) is 19.0 Å². The zero-order valence-electron chi connectivity index (χ0n) is 13.7. The Balaban J connectivity index is 0.00000210. The van der Waals surface area contributed by atoms with Crippen LogP contribution in [0.1, 0.15) is 19.8 Å². The van der Waals surface area contributed by atoms with Crippen molar-refractivity contribution in [1.82, 2.24) is 20.2 Å². The molecule has 0 spiro atoms. The van der Waals surface area contributed by atoms with Gasteiger partial charge in [0, 0.05) is 26.1 Å². The van der Waals surface area contributed by atoms with Crippen molar-refractivity contribution in [3.05, 3.63) is 36.0 Å². The summed E-state index contributed by atoms with van der Waals surface area (Å²) in [4.78, 5) is 10.1. The maximum absolute atomic E-state index is 13.5. The molecule has 1 aliphatic rings. The van der Waals surface area contributed by atoms with E-state index >= 15 is 0 Å². The zero-order chi connectivity index (χ0) is 18.3. The molecule has 3 aromatic heterocycles. The minimum absolute atomic E-state index is 0. The van der Waals surface area contributed by atoms with Crippen molar-refractivity contribution in [3.63, 3.8) is 0 Å². The van der Waals surface area contributed by atoms with Gasteiger partial charge in [0.2, 0.25) is 0 Å².